The number of benzene rings is 1. The van der Waals surface area contributed by atoms with Crippen LogP contribution in [0.15, 0.2) is 23.1 Å². The van der Waals surface area contributed by atoms with E-state index >= 15 is 0 Å². The Hall–Kier alpha value is -1.32. The molecule has 0 aliphatic rings. The summed E-state index contributed by atoms with van der Waals surface area (Å²) in [6, 6.07) is 3.84. The molecular formula is C12H16F3NO4S. The van der Waals surface area contributed by atoms with Crippen LogP contribution >= 0.6 is 0 Å². The van der Waals surface area contributed by atoms with Crippen molar-refractivity contribution < 1.29 is 31.4 Å². The molecule has 0 aliphatic carbocycles. The van der Waals surface area contributed by atoms with E-state index in [1.54, 1.807) is 0 Å². The predicted octanol–water partition coefficient (Wildman–Crippen LogP) is 1.81. The van der Waals surface area contributed by atoms with Crippen LogP contribution in [0.2, 0.25) is 0 Å². The highest BCUT2D eigenvalue weighted by Gasteiger charge is 2.26. The molecule has 0 bridgehead atoms. The number of aliphatic hydroxyl groups is 1. The predicted molar refractivity (Wildman–Crippen MR) is 69.4 cm³/mol. The van der Waals surface area contributed by atoms with E-state index in [1.807, 2.05) is 0 Å². The van der Waals surface area contributed by atoms with Gasteiger partial charge in [-0.05, 0) is 24.6 Å². The number of rotatable bonds is 7. The van der Waals surface area contributed by atoms with Gasteiger partial charge in [-0.1, -0.05) is 0 Å². The summed E-state index contributed by atoms with van der Waals surface area (Å²) in [6.45, 7) is -0.733. The van der Waals surface area contributed by atoms with Gasteiger partial charge in [0.15, 0.2) is 0 Å². The summed E-state index contributed by atoms with van der Waals surface area (Å²) in [7, 11) is -2.55. The zero-order valence-corrected chi connectivity index (χ0v) is 12.1. The molecule has 9 heteroatoms. The normalized spacial score (nSPS) is 12.4. The Labute approximate surface area is 120 Å². The number of methoxy groups -OCH3 is 1. The van der Waals surface area contributed by atoms with E-state index in [9.17, 15) is 21.6 Å². The minimum Gasteiger partial charge on any atom is -0.496 e. The first-order valence-electron chi connectivity index (χ1n) is 6.04. The van der Waals surface area contributed by atoms with E-state index in [1.165, 1.54) is 25.3 Å². The van der Waals surface area contributed by atoms with Crippen LogP contribution in [0.25, 0.3) is 0 Å². The zero-order chi connectivity index (χ0) is 16.1. The largest absolute Gasteiger partial charge is 0.496 e. The fraction of sp³-hybridized carbons (Fsp3) is 0.500. The molecular weight excluding hydrogens is 311 g/mol. The van der Waals surface area contributed by atoms with Crippen LogP contribution in [0.4, 0.5) is 13.2 Å². The van der Waals surface area contributed by atoms with Crippen LogP contribution in [0, 0.1) is 0 Å². The Morgan fingerprint density at radius 2 is 2.00 bits per heavy atom. The molecule has 5 nitrogen and oxygen atoms in total. The lowest BCUT2D eigenvalue weighted by molar-refractivity contribution is -0.135. The van der Waals surface area contributed by atoms with E-state index in [0.29, 0.717) is 5.75 Å². The van der Waals surface area contributed by atoms with Gasteiger partial charge < -0.3 is 9.84 Å². The maximum atomic E-state index is 12.0. The van der Waals surface area contributed by atoms with E-state index in [0.717, 1.165) is 0 Å². The molecule has 0 fully saturated rings. The Morgan fingerprint density at radius 3 is 2.52 bits per heavy atom. The van der Waals surface area contributed by atoms with Crippen molar-refractivity contribution in [3.8, 4) is 5.75 Å². The molecule has 120 valence electrons. The van der Waals surface area contributed by atoms with E-state index in [2.05, 4.69) is 4.72 Å². The number of sulfonamides is 1. The summed E-state index contributed by atoms with van der Waals surface area (Å²) in [5.74, 6) is 0.327. The van der Waals surface area contributed by atoms with Crippen molar-refractivity contribution in [1.82, 2.24) is 4.72 Å². The van der Waals surface area contributed by atoms with Gasteiger partial charge in [0.1, 0.15) is 5.75 Å². The molecule has 0 aliphatic heterocycles. The molecule has 0 saturated heterocycles. The van der Waals surface area contributed by atoms with Crippen LogP contribution in [0.1, 0.15) is 18.4 Å². The first-order valence-corrected chi connectivity index (χ1v) is 7.52. The van der Waals surface area contributed by atoms with Crippen LogP contribution < -0.4 is 9.46 Å². The van der Waals surface area contributed by atoms with E-state index < -0.39 is 29.2 Å². The average Bonchev–Trinajstić information content (AvgIpc) is 2.41. The SMILES string of the molecule is COc1ccc(S(=O)(=O)NCCCC(F)(F)F)cc1CO. The Bertz CT molecular complexity index is 572. The second-order valence-electron chi connectivity index (χ2n) is 4.25. The molecule has 0 amide bonds. The van der Waals surface area contributed by atoms with Crippen molar-refractivity contribution in [2.45, 2.75) is 30.5 Å². The van der Waals surface area contributed by atoms with Crippen molar-refractivity contribution in [1.29, 1.82) is 0 Å². The fourth-order valence-electron chi connectivity index (χ4n) is 1.62. The molecule has 0 atom stereocenters. The Morgan fingerprint density at radius 1 is 1.33 bits per heavy atom. The smallest absolute Gasteiger partial charge is 0.389 e. The molecule has 1 rings (SSSR count). The third-order valence-electron chi connectivity index (χ3n) is 2.66. The summed E-state index contributed by atoms with van der Waals surface area (Å²) >= 11 is 0. The second-order valence-corrected chi connectivity index (χ2v) is 6.02. The first-order chi connectivity index (χ1) is 9.69. The minimum atomic E-state index is -4.31. The fourth-order valence-corrected chi connectivity index (χ4v) is 2.75. The van der Waals surface area contributed by atoms with Gasteiger partial charge in [-0.25, -0.2) is 13.1 Å². The lowest BCUT2D eigenvalue weighted by Crippen LogP contribution is -2.26. The van der Waals surface area contributed by atoms with Crippen LogP contribution in [-0.4, -0.2) is 33.4 Å². The van der Waals surface area contributed by atoms with Crippen LogP contribution in [-0.2, 0) is 16.6 Å². The summed E-state index contributed by atoms with van der Waals surface area (Å²) in [6.07, 6.45) is -5.71. The van der Waals surface area contributed by atoms with Gasteiger partial charge in [0.2, 0.25) is 10.0 Å². The Kier molecular flexibility index (Phi) is 5.99. The summed E-state index contributed by atoms with van der Waals surface area (Å²) in [5.41, 5.74) is 0.274. The van der Waals surface area contributed by atoms with Crippen molar-refractivity contribution in [2.75, 3.05) is 13.7 Å². The third kappa shape index (κ3) is 5.52. The minimum absolute atomic E-state index is 0.139. The molecule has 21 heavy (non-hydrogen) atoms. The quantitative estimate of drug-likeness (QED) is 0.749. The van der Waals surface area contributed by atoms with Crippen molar-refractivity contribution in [3.63, 3.8) is 0 Å². The number of hydrogen-bond donors (Lipinski definition) is 2. The topological polar surface area (TPSA) is 75.6 Å². The third-order valence-corrected chi connectivity index (χ3v) is 4.12. The average molecular weight is 327 g/mol. The van der Waals surface area contributed by atoms with Gasteiger partial charge in [0.25, 0.3) is 0 Å². The molecule has 1 aromatic rings. The molecule has 1 aromatic carbocycles. The highest BCUT2D eigenvalue weighted by Crippen LogP contribution is 2.23. The molecule has 0 aromatic heterocycles. The monoisotopic (exact) mass is 327 g/mol. The highest BCUT2D eigenvalue weighted by atomic mass is 32.2. The van der Waals surface area contributed by atoms with Crippen LogP contribution in [0.3, 0.4) is 0 Å². The van der Waals surface area contributed by atoms with E-state index in [4.69, 9.17) is 9.84 Å². The van der Waals surface area contributed by atoms with Crippen molar-refractivity contribution in [3.05, 3.63) is 23.8 Å². The molecule has 0 heterocycles. The van der Waals surface area contributed by atoms with Gasteiger partial charge in [-0.15, -0.1) is 0 Å². The second kappa shape index (κ2) is 7.10. The summed E-state index contributed by atoms with van der Waals surface area (Å²) in [5, 5.41) is 9.12. The first kappa shape index (κ1) is 17.7. The van der Waals surface area contributed by atoms with Crippen LogP contribution in [0.5, 0.6) is 5.75 Å². The molecule has 0 radical (unpaired) electrons. The summed E-state index contributed by atoms with van der Waals surface area (Å²) < 4.78 is 66.7. The maximum Gasteiger partial charge on any atom is 0.389 e. The standard InChI is InChI=1S/C12H16F3NO4S/c1-20-11-4-3-10(7-9(11)8-17)21(18,19)16-6-2-5-12(13,14)15/h3-4,7,16-17H,2,5-6,8H2,1H3. The number of hydrogen-bond acceptors (Lipinski definition) is 4. The van der Waals surface area contributed by atoms with E-state index in [-0.39, 0.29) is 23.4 Å². The molecule has 0 unspecified atom stereocenters. The van der Waals surface area contributed by atoms with Crippen molar-refractivity contribution in [2.24, 2.45) is 0 Å². The van der Waals surface area contributed by atoms with Crippen molar-refractivity contribution >= 4 is 10.0 Å². The zero-order valence-electron chi connectivity index (χ0n) is 11.3. The molecule has 0 spiro atoms. The lowest BCUT2D eigenvalue weighted by atomic mass is 10.2. The summed E-state index contributed by atoms with van der Waals surface area (Å²) in [4.78, 5) is -0.139. The Balaban J connectivity index is 2.74. The number of ether oxygens (including phenoxy) is 1. The van der Waals surface area contributed by atoms with Gasteiger partial charge in [0, 0.05) is 18.5 Å². The number of nitrogens with one attached hydrogen (secondary N) is 1. The number of alkyl halides is 3. The molecule has 2 N–H and O–H groups in total. The molecule has 0 saturated carbocycles. The van der Waals surface area contributed by atoms with Gasteiger partial charge in [0.05, 0.1) is 18.6 Å². The highest BCUT2D eigenvalue weighted by molar-refractivity contribution is 7.89. The van der Waals surface area contributed by atoms with Gasteiger partial charge in [-0.2, -0.15) is 13.2 Å². The number of aliphatic hydroxyl groups excluding tert-OH is 1. The van der Waals surface area contributed by atoms with Gasteiger partial charge in [-0.3, -0.25) is 0 Å². The lowest BCUT2D eigenvalue weighted by Gasteiger charge is -2.11. The van der Waals surface area contributed by atoms with Gasteiger partial charge >= 0.3 is 6.18 Å². The number of halogens is 3. The maximum absolute atomic E-state index is 12.0.